The molecular formula is C16H22N4O3. The standard InChI is InChI=1S/C16H22N4O3/c1-23-16-11(14(17)21)7-10(8-18-16)19-15(22)13-6-9-4-2-3-5-12(9)20-13/h7-9,12-13,20H,2-6H2,1H3,(H2,17,21)(H,19,22). The van der Waals surface area contributed by atoms with Crippen LogP contribution in [0.3, 0.4) is 0 Å². The van der Waals surface area contributed by atoms with Crippen LogP contribution in [0.25, 0.3) is 0 Å². The number of anilines is 1. The molecule has 1 aliphatic carbocycles. The molecule has 2 amide bonds. The molecule has 2 heterocycles. The first kappa shape index (κ1) is 15.7. The highest BCUT2D eigenvalue weighted by molar-refractivity contribution is 5.99. The van der Waals surface area contributed by atoms with Gasteiger partial charge in [-0.2, -0.15) is 0 Å². The van der Waals surface area contributed by atoms with Gasteiger partial charge in [-0.1, -0.05) is 12.8 Å². The molecule has 1 saturated carbocycles. The summed E-state index contributed by atoms with van der Waals surface area (Å²) in [4.78, 5) is 27.9. The number of carbonyl (C=O) groups is 2. The number of ether oxygens (including phenoxy) is 1. The zero-order valence-corrected chi connectivity index (χ0v) is 13.2. The zero-order valence-electron chi connectivity index (χ0n) is 13.2. The average Bonchev–Trinajstić information content (AvgIpc) is 2.99. The number of nitrogens with one attached hydrogen (secondary N) is 2. The molecule has 0 bridgehead atoms. The Kier molecular flexibility index (Phi) is 4.47. The minimum absolute atomic E-state index is 0.0956. The predicted molar refractivity (Wildman–Crippen MR) is 85.2 cm³/mol. The maximum atomic E-state index is 12.4. The van der Waals surface area contributed by atoms with Gasteiger partial charge in [0, 0.05) is 6.04 Å². The summed E-state index contributed by atoms with van der Waals surface area (Å²) < 4.78 is 4.99. The van der Waals surface area contributed by atoms with Crippen molar-refractivity contribution in [1.82, 2.24) is 10.3 Å². The Balaban J connectivity index is 1.68. The molecule has 124 valence electrons. The van der Waals surface area contributed by atoms with Gasteiger partial charge >= 0.3 is 0 Å². The summed E-state index contributed by atoms with van der Waals surface area (Å²) in [5.41, 5.74) is 5.90. The lowest BCUT2D eigenvalue weighted by molar-refractivity contribution is -0.117. The van der Waals surface area contributed by atoms with Crippen molar-refractivity contribution in [1.29, 1.82) is 0 Å². The van der Waals surface area contributed by atoms with E-state index in [-0.39, 0.29) is 23.4 Å². The number of aromatic nitrogens is 1. The highest BCUT2D eigenvalue weighted by Gasteiger charge is 2.38. The number of primary amides is 1. The second kappa shape index (κ2) is 6.54. The van der Waals surface area contributed by atoms with Crippen LogP contribution < -0.4 is 21.1 Å². The molecule has 3 rings (SSSR count). The van der Waals surface area contributed by atoms with Crippen molar-refractivity contribution in [2.24, 2.45) is 11.7 Å². The summed E-state index contributed by atoms with van der Waals surface area (Å²) in [6.45, 7) is 0. The first-order valence-electron chi connectivity index (χ1n) is 7.99. The maximum Gasteiger partial charge on any atom is 0.254 e. The Morgan fingerprint density at radius 2 is 2.17 bits per heavy atom. The lowest BCUT2D eigenvalue weighted by Gasteiger charge is -2.24. The maximum absolute atomic E-state index is 12.4. The van der Waals surface area contributed by atoms with Crippen LogP contribution in [0.1, 0.15) is 42.5 Å². The van der Waals surface area contributed by atoms with Crippen molar-refractivity contribution >= 4 is 17.5 Å². The Bertz CT molecular complexity index is 605. The molecule has 7 heteroatoms. The molecule has 3 unspecified atom stereocenters. The number of carbonyl (C=O) groups excluding carboxylic acids is 2. The number of fused-ring (bicyclic) bond motifs is 1. The molecule has 1 saturated heterocycles. The van der Waals surface area contributed by atoms with E-state index in [0.29, 0.717) is 17.6 Å². The van der Waals surface area contributed by atoms with E-state index in [2.05, 4.69) is 15.6 Å². The Morgan fingerprint density at radius 3 is 2.87 bits per heavy atom. The van der Waals surface area contributed by atoms with Gasteiger partial charge in [0.25, 0.3) is 5.91 Å². The van der Waals surface area contributed by atoms with Crippen molar-refractivity contribution in [3.05, 3.63) is 17.8 Å². The highest BCUT2D eigenvalue weighted by atomic mass is 16.5. The van der Waals surface area contributed by atoms with E-state index in [4.69, 9.17) is 10.5 Å². The molecule has 1 aliphatic heterocycles. The monoisotopic (exact) mass is 318 g/mol. The van der Waals surface area contributed by atoms with E-state index in [1.54, 1.807) is 0 Å². The normalized spacial score (nSPS) is 26.4. The molecule has 1 aromatic rings. The van der Waals surface area contributed by atoms with E-state index in [9.17, 15) is 9.59 Å². The molecule has 0 radical (unpaired) electrons. The highest BCUT2D eigenvalue weighted by Crippen LogP contribution is 2.33. The number of hydrogen-bond donors (Lipinski definition) is 3. The van der Waals surface area contributed by atoms with Crippen molar-refractivity contribution in [3.63, 3.8) is 0 Å². The molecule has 3 atom stereocenters. The van der Waals surface area contributed by atoms with Crippen LogP contribution >= 0.6 is 0 Å². The van der Waals surface area contributed by atoms with E-state index >= 15 is 0 Å². The first-order valence-corrected chi connectivity index (χ1v) is 7.99. The van der Waals surface area contributed by atoms with Crippen LogP contribution in [0.5, 0.6) is 5.88 Å². The van der Waals surface area contributed by atoms with Crippen molar-refractivity contribution in [2.45, 2.75) is 44.2 Å². The molecule has 7 nitrogen and oxygen atoms in total. The van der Waals surface area contributed by atoms with Gasteiger partial charge in [0.05, 0.1) is 25.0 Å². The van der Waals surface area contributed by atoms with Crippen LogP contribution in [-0.2, 0) is 4.79 Å². The summed E-state index contributed by atoms with van der Waals surface area (Å²) in [5.74, 6) is 0.00688. The van der Waals surface area contributed by atoms with Gasteiger partial charge < -0.3 is 21.1 Å². The summed E-state index contributed by atoms with van der Waals surface area (Å²) in [6, 6.07) is 1.76. The largest absolute Gasteiger partial charge is 0.480 e. The topological polar surface area (TPSA) is 106 Å². The summed E-state index contributed by atoms with van der Waals surface area (Å²) in [6.07, 6.45) is 7.14. The van der Waals surface area contributed by atoms with Gasteiger partial charge in [-0.3, -0.25) is 9.59 Å². The third-order valence-corrected chi connectivity index (χ3v) is 4.76. The quantitative estimate of drug-likeness (QED) is 0.769. The number of nitrogens with two attached hydrogens (primary N) is 1. The summed E-state index contributed by atoms with van der Waals surface area (Å²) >= 11 is 0. The molecule has 2 fully saturated rings. The van der Waals surface area contributed by atoms with E-state index < -0.39 is 5.91 Å². The summed E-state index contributed by atoms with van der Waals surface area (Å²) in [5, 5.41) is 6.24. The fourth-order valence-electron chi connectivity index (χ4n) is 3.61. The van der Waals surface area contributed by atoms with Crippen molar-refractivity contribution < 1.29 is 14.3 Å². The van der Waals surface area contributed by atoms with E-state index in [1.165, 1.54) is 38.6 Å². The van der Waals surface area contributed by atoms with Crippen molar-refractivity contribution in [3.8, 4) is 5.88 Å². The van der Waals surface area contributed by atoms with Gasteiger partial charge in [0.1, 0.15) is 5.56 Å². The van der Waals surface area contributed by atoms with Crippen LogP contribution in [0.15, 0.2) is 12.3 Å². The van der Waals surface area contributed by atoms with Gasteiger partial charge in [-0.05, 0) is 31.2 Å². The Labute approximate surface area is 135 Å². The second-order valence-electron chi connectivity index (χ2n) is 6.24. The number of amides is 2. The number of hydrogen-bond acceptors (Lipinski definition) is 5. The Morgan fingerprint density at radius 1 is 1.39 bits per heavy atom. The average molecular weight is 318 g/mol. The minimum Gasteiger partial charge on any atom is -0.480 e. The minimum atomic E-state index is -0.643. The number of rotatable bonds is 4. The first-order chi connectivity index (χ1) is 11.1. The lowest BCUT2D eigenvalue weighted by atomic mass is 9.85. The molecule has 4 N–H and O–H groups in total. The van der Waals surface area contributed by atoms with E-state index in [1.807, 2.05) is 0 Å². The number of pyridine rings is 1. The van der Waals surface area contributed by atoms with E-state index in [0.717, 1.165) is 12.8 Å². The molecule has 0 aromatic carbocycles. The number of nitrogens with zero attached hydrogens (tertiary/aromatic N) is 1. The third-order valence-electron chi connectivity index (χ3n) is 4.76. The summed E-state index contributed by atoms with van der Waals surface area (Å²) in [7, 11) is 1.41. The number of methoxy groups -OCH3 is 1. The van der Waals surface area contributed by atoms with Crippen LogP contribution in [0, 0.1) is 5.92 Å². The van der Waals surface area contributed by atoms with Gasteiger partial charge in [-0.25, -0.2) is 4.98 Å². The van der Waals surface area contributed by atoms with Crippen molar-refractivity contribution in [2.75, 3.05) is 12.4 Å². The molecule has 1 aromatic heterocycles. The Hall–Kier alpha value is -2.15. The molecule has 23 heavy (non-hydrogen) atoms. The molecular weight excluding hydrogens is 296 g/mol. The fraction of sp³-hybridized carbons (Fsp3) is 0.562. The van der Waals surface area contributed by atoms with Crippen LogP contribution in [0.2, 0.25) is 0 Å². The third kappa shape index (κ3) is 3.29. The predicted octanol–water partition coefficient (Wildman–Crippen LogP) is 1.05. The lowest BCUT2D eigenvalue weighted by Crippen LogP contribution is -2.39. The smallest absolute Gasteiger partial charge is 0.254 e. The second-order valence-corrected chi connectivity index (χ2v) is 6.24. The van der Waals surface area contributed by atoms with Gasteiger partial charge in [0.15, 0.2) is 0 Å². The van der Waals surface area contributed by atoms with Gasteiger partial charge in [0.2, 0.25) is 11.8 Å². The van der Waals surface area contributed by atoms with Crippen LogP contribution in [-0.4, -0.2) is 36.0 Å². The molecule has 2 aliphatic rings. The zero-order chi connectivity index (χ0) is 16.4. The fourth-order valence-corrected chi connectivity index (χ4v) is 3.61. The molecule has 0 spiro atoms. The SMILES string of the molecule is COc1ncc(NC(=O)C2CC3CCCCC3N2)cc1C(N)=O. The van der Waals surface area contributed by atoms with Gasteiger partial charge in [-0.15, -0.1) is 0 Å². The van der Waals surface area contributed by atoms with Crippen LogP contribution in [0.4, 0.5) is 5.69 Å².